The summed E-state index contributed by atoms with van der Waals surface area (Å²) in [5, 5.41) is 5.17. The average molecular weight is 500 g/mol. The van der Waals surface area contributed by atoms with Crippen molar-refractivity contribution in [1.82, 2.24) is 4.31 Å². The summed E-state index contributed by atoms with van der Waals surface area (Å²) in [5.41, 5.74) is 0.456. The number of benzene rings is 2. The van der Waals surface area contributed by atoms with Crippen LogP contribution in [0.3, 0.4) is 0 Å². The molecular weight excluding hydrogens is 474 g/mol. The maximum atomic E-state index is 13.1. The van der Waals surface area contributed by atoms with Gasteiger partial charge in [0.25, 0.3) is 0 Å². The lowest BCUT2D eigenvalue weighted by molar-refractivity contribution is 0.0601. The van der Waals surface area contributed by atoms with Crippen LogP contribution in [0.4, 0.5) is 5.69 Å². The van der Waals surface area contributed by atoms with Crippen molar-refractivity contribution < 1.29 is 35.8 Å². The van der Waals surface area contributed by atoms with Crippen LogP contribution in [0, 0.1) is 0 Å². The summed E-state index contributed by atoms with van der Waals surface area (Å²) in [7, 11) is -3.75. The van der Waals surface area contributed by atoms with Gasteiger partial charge in [-0.25, -0.2) is 26.8 Å². The van der Waals surface area contributed by atoms with Crippen molar-refractivity contribution in [3.8, 4) is 11.5 Å². The van der Waals surface area contributed by atoms with Gasteiger partial charge in [-0.1, -0.05) is 0 Å². The summed E-state index contributed by atoms with van der Waals surface area (Å²) in [6.07, 6.45) is 0. The predicted octanol–water partition coefficient (Wildman–Crippen LogP) is 0.649. The first kappa shape index (κ1) is 24.8. The van der Waals surface area contributed by atoms with Crippen molar-refractivity contribution in [2.24, 2.45) is 5.14 Å². The fraction of sp³-hybridized carbons (Fsp3) is 0.350. The van der Waals surface area contributed by atoms with Crippen LogP contribution in [0.1, 0.15) is 10.4 Å². The van der Waals surface area contributed by atoms with Crippen molar-refractivity contribution >= 4 is 31.7 Å². The molecule has 0 unspecified atom stereocenters. The minimum atomic E-state index is -4.02. The Kier molecular flexibility index (Phi) is 7.17. The quantitative estimate of drug-likeness (QED) is 0.543. The van der Waals surface area contributed by atoms with E-state index in [1.54, 1.807) is 4.90 Å². The molecule has 2 N–H and O–H groups in total. The summed E-state index contributed by atoms with van der Waals surface area (Å²) in [6.45, 7) is 0.832. The third-order valence-electron chi connectivity index (χ3n) is 5.27. The van der Waals surface area contributed by atoms with Gasteiger partial charge in [0.15, 0.2) is 11.5 Å². The normalized spacial score (nSPS) is 15.2. The molecular formula is C20H25N3O8S2. The standard InChI is InChI=1S/C20H25N3O8S2/c1-29-18-7-5-15(13-19(18)30-2)33(27,28)23-10-8-22(9-11-23)17-6-4-14(32(21,25)26)12-16(17)20(24)31-3/h4-7,12-13H,8-11H2,1-3H3,(H2,21,25,26). The van der Waals surface area contributed by atoms with Gasteiger partial charge in [-0.15, -0.1) is 0 Å². The molecule has 0 bridgehead atoms. The molecule has 1 saturated heterocycles. The SMILES string of the molecule is COC(=O)c1cc(S(N)(=O)=O)ccc1N1CCN(S(=O)(=O)c2ccc(OC)c(OC)c2)CC1. The largest absolute Gasteiger partial charge is 0.493 e. The Morgan fingerprint density at radius 3 is 2.00 bits per heavy atom. The van der Waals surface area contributed by atoms with E-state index in [2.05, 4.69) is 0 Å². The van der Waals surface area contributed by atoms with Crippen LogP contribution in [0.15, 0.2) is 46.2 Å². The number of ether oxygens (including phenoxy) is 3. The molecule has 0 aliphatic carbocycles. The molecule has 11 nitrogen and oxygen atoms in total. The highest BCUT2D eigenvalue weighted by molar-refractivity contribution is 7.89. The number of piperazine rings is 1. The Balaban J connectivity index is 1.84. The van der Waals surface area contributed by atoms with Crippen molar-refractivity contribution in [2.45, 2.75) is 9.79 Å². The lowest BCUT2D eigenvalue weighted by Crippen LogP contribution is -2.49. The monoisotopic (exact) mass is 499 g/mol. The maximum absolute atomic E-state index is 13.1. The first-order valence-corrected chi connectivity index (χ1v) is 12.7. The number of carbonyl (C=O) groups excluding carboxylic acids is 1. The summed E-state index contributed by atoms with van der Waals surface area (Å²) >= 11 is 0. The van der Waals surface area contributed by atoms with E-state index in [1.165, 1.54) is 56.0 Å². The lowest BCUT2D eigenvalue weighted by Gasteiger charge is -2.36. The van der Waals surface area contributed by atoms with Crippen LogP contribution in [0.5, 0.6) is 11.5 Å². The number of methoxy groups -OCH3 is 3. The van der Waals surface area contributed by atoms with E-state index in [-0.39, 0.29) is 41.5 Å². The first-order valence-electron chi connectivity index (χ1n) is 9.75. The Hall–Kier alpha value is -2.87. The molecule has 1 aliphatic rings. The molecule has 1 aliphatic heterocycles. The molecule has 0 spiro atoms. The number of primary sulfonamides is 1. The molecule has 0 atom stereocenters. The lowest BCUT2D eigenvalue weighted by atomic mass is 10.1. The van der Waals surface area contributed by atoms with Gasteiger partial charge >= 0.3 is 5.97 Å². The summed E-state index contributed by atoms with van der Waals surface area (Å²) in [4.78, 5) is 13.9. The molecule has 33 heavy (non-hydrogen) atoms. The number of sulfonamides is 2. The van der Waals surface area contributed by atoms with Crippen LogP contribution in [0.25, 0.3) is 0 Å². The van der Waals surface area contributed by atoms with E-state index in [4.69, 9.17) is 19.3 Å². The average Bonchev–Trinajstić information content (AvgIpc) is 2.82. The van der Waals surface area contributed by atoms with E-state index in [0.717, 1.165) is 6.07 Å². The number of esters is 1. The Bertz CT molecular complexity index is 1250. The molecule has 2 aromatic rings. The van der Waals surface area contributed by atoms with Gasteiger partial charge in [0, 0.05) is 32.2 Å². The van der Waals surface area contributed by atoms with Gasteiger partial charge in [-0.3, -0.25) is 0 Å². The molecule has 180 valence electrons. The van der Waals surface area contributed by atoms with Crippen LogP contribution in [-0.4, -0.2) is 74.6 Å². The van der Waals surface area contributed by atoms with E-state index < -0.39 is 26.0 Å². The number of nitrogens with zero attached hydrogens (tertiary/aromatic N) is 2. The number of carbonyl (C=O) groups is 1. The molecule has 0 aromatic heterocycles. The summed E-state index contributed by atoms with van der Waals surface area (Å²) in [6, 6.07) is 8.29. The number of hydrogen-bond donors (Lipinski definition) is 1. The van der Waals surface area contributed by atoms with Crippen molar-refractivity contribution in [3.05, 3.63) is 42.0 Å². The second kappa shape index (κ2) is 9.55. The van der Waals surface area contributed by atoms with Gasteiger partial charge in [-0.2, -0.15) is 4.31 Å². The van der Waals surface area contributed by atoms with Crippen LogP contribution >= 0.6 is 0 Å². The highest BCUT2D eigenvalue weighted by Crippen LogP contribution is 2.32. The minimum absolute atomic E-state index is 0.0280. The van der Waals surface area contributed by atoms with Crippen LogP contribution in [-0.2, 0) is 24.8 Å². The second-order valence-electron chi connectivity index (χ2n) is 7.12. The van der Waals surface area contributed by atoms with Gasteiger partial charge < -0.3 is 19.1 Å². The number of rotatable bonds is 7. The zero-order chi connectivity index (χ0) is 24.4. The molecule has 2 aromatic carbocycles. The Morgan fingerprint density at radius 2 is 1.45 bits per heavy atom. The summed E-state index contributed by atoms with van der Waals surface area (Å²) in [5.74, 6) is -0.00898. The predicted molar refractivity (Wildman–Crippen MR) is 120 cm³/mol. The molecule has 1 fully saturated rings. The number of hydrogen-bond acceptors (Lipinski definition) is 9. The van der Waals surface area contributed by atoms with E-state index >= 15 is 0 Å². The van der Waals surface area contributed by atoms with Gasteiger partial charge in [0.2, 0.25) is 20.0 Å². The molecule has 0 saturated carbocycles. The molecule has 3 rings (SSSR count). The third-order valence-corrected chi connectivity index (χ3v) is 8.08. The fourth-order valence-electron chi connectivity index (χ4n) is 3.54. The fourth-order valence-corrected chi connectivity index (χ4v) is 5.51. The molecule has 0 radical (unpaired) electrons. The molecule has 0 amide bonds. The molecule has 1 heterocycles. The van der Waals surface area contributed by atoms with Crippen molar-refractivity contribution in [2.75, 3.05) is 52.4 Å². The van der Waals surface area contributed by atoms with Crippen molar-refractivity contribution in [3.63, 3.8) is 0 Å². The van der Waals surface area contributed by atoms with Gasteiger partial charge in [0.05, 0.1) is 42.4 Å². The van der Waals surface area contributed by atoms with E-state index in [9.17, 15) is 21.6 Å². The second-order valence-corrected chi connectivity index (χ2v) is 10.6. The topological polar surface area (TPSA) is 146 Å². The zero-order valence-electron chi connectivity index (χ0n) is 18.3. The van der Waals surface area contributed by atoms with Crippen LogP contribution < -0.4 is 19.5 Å². The minimum Gasteiger partial charge on any atom is -0.493 e. The van der Waals surface area contributed by atoms with E-state index in [1.807, 2.05) is 0 Å². The van der Waals surface area contributed by atoms with Crippen LogP contribution in [0.2, 0.25) is 0 Å². The smallest absolute Gasteiger partial charge is 0.340 e. The number of anilines is 1. The molecule has 13 heteroatoms. The maximum Gasteiger partial charge on any atom is 0.340 e. The highest BCUT2D eigenvalue weighted by atomic mass is 32.2. The third kappa shape index (κ3) is 5.05. The Labute approximate surface area is 192 Å². The van der Waals surface area contributed by atoms with Crippen molar-refractivity contribution in [1.29, 1.82) is 0 Å². The Morgan fingerprint density at radius 1 is 0.848 bits per heavy atom. The van der Waals surface area contributed by atoms with Gasteiger partial charge in [-0.05, 0) is 30.3 Å². The summed E-state index contributed by atoms with van der Waals surface area (Å²) < 4.78 is 66.1. The first-order chi connectivity index (χ1) is 15.5. The zero-order valence-corrected chi connectivity index (χ0v) is 20.0. The highest BCUT2D eigenvalue weighted by Gasteiger charge is 2.31. The number of nitrogens with two attached hydrogens (primary N) is 1. The van der Waals surface area contributed by atoms with E-state index in [0.29, 0.717) is 17.2 Å². The van der Waals surface area contributed by atoms with Gasteiger partial charge in [0.1, 0.15) is 0 Å².